The Balaban J connectivity index is 1.62. The third kappa shape index (κ3) is 4.74. The van der Waals surface area contributed by atoms with Crippen LogP contribution in [0.4, 0.5) is 0 Å². The van der Waals surface area contributed by atoms with Crippen molar-refractivity contribution in [3.63, 3.8) is 0 Å². The summed E-state index contributed by atoms with van der Waals surface area (Å²) in [7, 11) is -2.80. The van der Waals surface area contributed by atoms with Crippen molar-refractivity contribution in [2.45, 2.75) is 25.3 Å². The van der Waals surface area contributed by atoms with E-state index in [1.807, 2.05) is 4.90 Å². The third-order valence-electron chi connectivity index (χ3n) is 3.69. The molecule has 2 heterocycles. The molecule has 0 aliphatic carbocycles. The lowest BCUT2D eigenvalue weighted by Gasteiger charge is -2.27. The molecule has 0 aromatic heterocycles. The van der Waals surface area contributed by atoms with Gasteiger partial charge in [0, 0.05) is 32.1 Å². The molecule has 0 atom stereocenters. The van der Waals surface area contributed by atoms with E-state index in [1.54, 1.807) is 0 Å². The molecule has 1 amide bonds. The Bertz CT molecular complexity index is 390. The van der Waals surface area contributed by atoms with Crippen molar-refractivity contribution >= 4 is 15.7 Å². The molecule has 2 saturated heterocycles. The second-order valence-electron chi connectivity index (χ2n) is 5.12. The summed E-state index contributed by atoms with van der Waals surface area (Å²) in [6.45, 7) is 3.24. The monoisotopic (exact) mass is 290 g/mol. The van der Waals surface area contributed by atoms with Gasteiger partial charge in [0.15, 0.2) is 0 Å². The maximum absolute atomic E-state index is 11.9. The van der Waals surface area contributed by atoms with E-state index >= 15 is 0 Å². The van der Waals surface area contributed by atoms with E-state index in [0.717, 1.165) is 0 Å². The van der Waals surface area contributed by atoms with Gasteiger partial charge in [-0.05, 0) is 12.8 Å². The van der Waals surface area contributed by atoms with Gasteiger partial charge in [0.25, 0.3) is 0 Å². The molecule has 0 spiro atoms. The van der Waals surface area contributed by atoms with Gasteiger partial charge >= 0.3 is 0 Å². The summed E-state index contributed by atoms with van der Waals surface area (Å²) in [6.07, 6.45) is 1.80. The smallest absolute Gasteiger partial charge is 0.224 e. The van der Waals surface area contributed by atoms with Crippen LogP contribution < -0.4 is 5.32 Å². The lowest BCUT2D eigenvalue weighted by Crippen LogP contribution is -2.43. The minimum Gasteiger partial charge on any atom is -0.378 e. The average molecular weight is 290 g/mol. The molecule has 7 heteroatoms. The molecular formula is C12H22N2O4S. The lowest BCUT2D eigenvalue weighted by molar-refractivity contribution is -0.135. The molecular weight excluding hydrogens is 268 g/mol. The van der Waals surface area contributed by atoms with E-state index in [0.29, 0.717) is 52.1 Å². The number of carbonyl (C=O) groups is 1. The van der Waals surface area contributed by atoms with Crippen molar-refractivity contribution in [2.24, 2.45) is 0 Å². The molecule has 6 nitrogen and oxygen atoms in total. The molecule has 0 radical (unpaired) electrons. The normalized spacial score (nSPS) is 24.3. The lowest BCUT2D eigenvalue weighted by atomic mass is 10.1. The number of carbonyl (C=O) groups excluding carboxylic acids is 1. The molecule has 0 aromatic rings. The summed E-state index contributed by atoms with van der Waals surface area (Å²) in [5.74, 6) is 0.684. The fourth-order valence-corrected chi connectivity index (χ4v) is 3.94. The van der Waals surface area contributed by atoms with E-state index in [2.05, 4.69) is 5.32 Å². The minimum absolute atomic E-state index is 0.152. The van der Waals surface area contributed by atoms with Crippen LogP contribution in [-0.4, -0.2) is 69.6 Å². The number of ether oxygens (including phenoxy) is 1. The zero-order chi connectivity index (χ0) is 13.7. The predicted molar refractivity (Wildman–Crippen MR) is 71.7 cm³/mol. The van der Waals surface area contributed by atoms with E-state index in [9.17, 15) is 13.2 Å². The molecule has 110 valence electrons. The summed E-state index contributed by atoms with van der Waals surface area (Å²) in [6, 6.07) is 0.237. The molecule has 2 aliphatic heterocycles. The van der Waals surface area contributed by atoms with Gasteiger partial charge in [-0.15, -0.1) is 0 Å². The average Bonchev–Trinajstić information content (AvgIpc) is 2.41. The van der Waals surface area contributed by atoms with Crippen LogP contribution in [0.15, 0.2) is 0 Å². The Morgan fingerprint density at radius 3 is 2.47 bits per heavy atom. The van der Waals surface area contributed by atoms with Gasteiger partial charge in [-0.2, -0.15) is 0 Å². The van der Waals surface area contributed by atoms with Crippen LogP contribution >= 0.6 is 0 Å². The minimum atomic E-state index is -2.80. The van der Waals surface area contributed by atoms with Gasteiger partial charge in [-0.1, -0.05) is 0 Å². The van der Waals surface area contributed by atoms with Gasteiger partial charge in [-0.25, -0.2) is 8.42 Å². The predicted octanol–water partition coefficient (Wildman–Crippen LogP) is -0.598. The number of rotatable bonds is 4. The molecule has 0 saturated carbocycles. The van der Waals surface area contributed by atoms with Crippen LogP contribution in [0.3, 0.4) is 0 Å². The summed E-state index contributed by atoms with van der Waals surface area (Å²) in [5, 5.41) is 3.29. The highest BCUT2D eigenvalue weighted by molar-refractivity contribution is 7.91. The van der Waals surface area contributed by atoms with E-state index in [4.69, 9.17) is 4.74 Å². The van der Waals surface area contributed by atoms with Crippen molar-refractivity contribution in [2.75, 3.05) is 44.4 Å². The number of hydrogen-bond acceptors (Lipinski definition) is 5. The van der Waals surface area contributed by atoms with Gasteiger partial charge in [-0.3, -0.25) is 4.79 Å². The number of hydrogen-bond donors (Lipinski definition) is 1. The van der Waals surface area contributed by atoms with Crippen LogP contribution in [0.25, 0.3) is 0 Å². The van der Waals surface area contributed by atoms with Crippen molar-refractivity contribution in [3.8, 4) is 0 Å². The van der Waals surface area contributed by atoms with Crippen LogP contribution in [0, 0.1) is 0 Å². The Kier molecular flexibility index (Phi) is 5.18. The largest absolute Gasteiger partial charge is 0.378 e. The SMILES string of the molecule is O=C(CCNC1CCS(=O)(=O)CC1)N1CCOCC1. The molecule has 0 aromatic carbocycles. The van der Waals surface area contributed by atoms with Crippen molar-refractivity contribution in [1.82, 2.24) is 10.2 Å². The van der Waals surface area contributed by atoms with Crippen LogP contribution in [0.1, 0.15) is 19.3 Å². The van der Waals surface area contributed by atoms with Crippen molar-refractivity contribution in [1.29, 1.82) is 0 Å². The van der Waals surface area contributed by atoms with Crippen molar-refractivity contribution in [3.05, 3.63) is 0 Å². The summed E-state index contributed by atoms with van der Waals surface area (Å²) < 4.78 is 27.8. The first-order valence-electron chi connectivity index (χ1n) is 6.86. The standard InChI is InChI=1S/C12H22N2O4S/c15-12(14-5-7-18-8-6-14)1-4-13-11-2-9-19(16,17)10-3-11/h11,13H,1-10H2. The number of amides is 1. The summed E-state index contributed by atoms with van der Waals surface area (Å²) in [5.41, 5.74) is 0. The first-order valence-corrected chi connectivity index (χ1v) is 8.68. The highest BCUT2D eigenvalue weighted by Crippen LogP contribution is 2.12. The van der Waals surface area contributed by atoms with Crippen LogP contribution in [0.5, 0.6) is 0 Å². The van der Waals surface area contributed by atoms with E-state index in [-0.39, 0.29) is 23.5 Å². The summed E-state index contributed by atoms with van der Waals surface area (Å²) in [4.78, 5) is 13.7. The van der Waals surface area contributed by atoms with Gasteiger partial charge in [0.2, 0.25) is 5.91 Å². The third-order valence-corrected chi connectivity index (χ3v) is 5.41. The van der Waals surface area contributed by atoms with Gasteiger partial charge in [0.05, 0.1) is 24.7 Å². The summed E-state index contributed by atoms with van der Waals surface area (Å²) >= 11 is 0. The molecule has 2 aliphatic rings. The Morgan fingerprint density at radius 1 is 1.21 bits per heavy atom. The second kappa shape index (κ2) is 6.67. The molecule has 0 unspecified atom stereocenters. The number of nitrogens with one attached hydrogen (secondary N) is 1. The van der Waals surface area contributed by atoms with Gasteiger partial charge < -0.3 is 15.0 Å². The molecule has 2 rings (SSSR count). The number of nitrogens with zero attached hydrogens (tertiary/aromatic N) is 1. The first-order chi connectivity index (χ1) is 9.07. The van der Waals surface area contributed by atoms with Crippen LogP contribution in [0.2, 0.25) is 0 Å². The fraction of sp³-hybridized carbons (Fsp3) is 0.917. The maximum Gasteiger partial charge on any atom is 0.224 e. The Hall–Kier alpha value is -0.660. The fourth-order valence-electron chi connectivity index (χ4n) is 2.45. The van der Waals surface area contributed by atoms with Crippen LogP contribution in [-0.2, 0) is 19.4 Å². The molecule has 19 heavy (non-hydrogen) atoms. The topological polar surface area (TPSA) is 75.7 Å². The number of morpholine rings is 1. The molecule has 1 N–H and O–H groups in total. The molecule has 2 fully saturated rings. The maximum atomic E-state index is 11.9. The molecule has 0 bridgehead atoms. The number of sulfone groups is 1. The van der Waals surface area contributed by atoms with Gasteiger partial charge in [0.1, 0.15) is 9.84 Å². The second-order valence-corrected chi connectivity index (χ2v) is 7.43. The Morgan fingerprint density at radius 2 is 1.84 bits per heavy atom. The van der Waals surface area contributed by atoms with E-state index < -0.39 is 9.84 Å². The Labute approximate surface area is 114 Å². The highest BCUT2D eigenvalue weighted by Gasteiger charge is 2.23. The zero-order valence-corrected chi connectivity index (χ0v) is 12.0. The quantitative estimate of drug-likeness (QED) is 0.748. The highest BCUT2D eigenvalue weighted by atomic mass is 32.2. The first kappa shape index (κ1) is 14.7. The van der Waals surface area contributed by atoms with Crippen molar-refractivity contribution < 1.29 is 17.9 Å². The zero-order valence-electron chi connectivity index (χ0n) is 11.1. The van der Waals surface area contributed by atoms with E-state index in [1.165, 1.54) is 0 Å².